The second-order valence-corrected chi connectivity index (χ2v) is 6.17. The second kappa shape index (κ2) is 5.50. The number of hydrogen-bond donors (Lipinski definition) is 0. The van der Waals surface area contributed by atoms with Gasteiger partial charge in [-0.2, -0.15) is 0 Å². The molecule has 1 nitrogen and oxygen atoms in total. The zero-order chi connectivity index (χ0) is 11.5. The van der Waals surface area contributed by atoms with Gasteiger partial charge in [0.25, 0.3) is 0 Å². The van der Waals surface area contributed by atoms with Gasteiger partial charge in [-0.15, -0.1) is 0 Å². The first-order chi connectivity index (χ1) is 7.66. The Hall–Kier alpha value is -0.0900. The van der Waals surface area contributed by atoms with Crippen LogP contribution in [0.15, 0.2) is 24.3 Å². The van der Waals surface area contributed by atoms with E-state index in [-0.39, 0.29) is 0 Å². The first kappa shape index (κ1) is 12.4. The minimum atomic E-state index is 0.739. The summed E-state index contributed by atoms with van der Waals surface area (Å²) in [5.41, 5.74) is 1.45. The van der Waals surface area contributed by atoms with E-state index in [0.29, 0.717) is 0 Å². The molecule has 0 aromatic heterocycles. The monoisotopic (exact) mass is 329 g/mol. The molecule has 0 spiro atoms. The third-order valence-corrected chi connectivity index (χ3v) is 4.37. The summed E-state index contributed by atoms with van der Waals surface area (Å²) in [4.78, 5) is 2.64. The first-order valence-corrected chi connectivity index (χ1v) is 7.25. The molecule has 0 amide bonds. The van der Waals surface area contributed by atoms with Crippen molar-refractivity contribution in [3.05, 3.63) is 33.4 Å². The highest BCUT2D eigenvalue weighted by molar-refractivity contribution is 14.1. The molecule has 1 heterocycles. The standard InChI is InChI=1S/C14H20IN/c1-11-4-3-5-12(2)16(11)10-13-6-8-14(15)9-7-13/h6-9,11-12H,3-5,10H2,1-2H3/t11-,12+. The number of piperidine rings is 1. The van der Waals surface area contributed by atoms with Crippen LogP contribution in [0.1, 0.15) is 38.7 Å². The normalized spacial score (nSPS) is 26.9. The van der Waals surface area contributed by atoms with Crippen molar-refractivity contribution < 1.29 is 0 Å². The molecule has 1 aromatic rings. The fraction of sp³-hybridized carbons (Fsp3) is 0.571. The van der Waals surface area contributed by atoms with Gasteiger partial charge in [0.2, 0.25) is 0 Å². The van der Waals surface area contributed by atoms with Crippen LogP contribution in [-0.2, 0) is 6.54 Å². The number of halogens is 1. The van der Waals surface area contributed by atoms with Crippen LogP contribution in [-0.4, -0.2) is 17.0 Å². The Kier molecular flexibility index (Phi) is 4.25. The van der Waals surface area contributed by atoms with Crippen LogP contribution in [0, 0.1) is 3.57 Å². The molecule has 2 heteroatoms. The molecule has 1 saturated heterocycles. The van der Waals surface area contributed by atoms with Crippen molar-refractivity contribution in [1.29, 1.82) is 0 Å². The van der Waals surface area contributed by atoms with Gasteiger partial charge in [-0.05, 0) is 67.0 Å². The van der Waals surface area contributed by atoms with E-state index < -0.39 is 0 Å². The average molecular weight is 329 g/mol. The molecule has 0 N–H and O–H groups in total. The SMILES string of the molecule is C[C@@H]1CCC[C@H](C)N1Cc1ccc(I)cc1. The van der Waals surface area contributed by atoms with Gasteiger partial charge in [-0.3, -0.25) is 4.90 Å². The molecule has 1 aromatic carbocycles. The summed E-state index contributed by atoms with van der Waals surface area (Å²) in [6, 6.07) is 10.4. The molecule has 0 radical (unpaired) electrons. The van der Waals surface area contributed by atoms with Crippen LogP contribution in [0.5, 0.6) is 0 Å². The van der Waals surface area contributed by atoms with Gasteiger partial charge in [0.15, 0.2) is 0 Å². The fourth-order valence-corrected chi connectivity index (χ4v) is 2.95. The topological polar surface area (TPSA) is 3.24 Å². The Morgan fingerprint density at radius 2 is 1.69 bits per heavy atom. The van der Waals surface area contributed by atoms with Crippen molar-refractivity contribution >= 4 is 22.6 Å². The van der Waals surface area contributed by atoms with E-state index in [2.05, 4.69) is 65.6 Å². The Morgan fingerprint density at radius 3 is 2.25 bits per heavy atom. The zero-order valence-electron chi connectivity index (χ0n) is 10.1. The molecule has 1 fully saturated rings. The van der Waals surface area contributed by atoms with Crippen molar-refractivity contribution in [2.75, 3.05) is 0 Å². The van der Waals surface area contributed by atoms with E-state index in [9.17, 15) is 0 Å². The smallest absolute Gasteiger partial charge is 0.0239 e. The molecule has 88 valence electrons. The van der Waals surface area contributed by atoms with E-state index >= 15 is 0 Å². The summed E-state index contributed by atoms with van der Waals surface area (Å²) in [5.74, 6) is 0. The third kappa shape index (κ3) is 2.98. The lowest BCUT2D eigenvalue weighted by Gasteiger charge is -2.39. The van der Waals surface area contributed by atoms with Crippen LogP contribution in [0.2, 0.25) is 0 Å². The number of benzene rings is 1. The van der Waals surface area contributed by atoms with Gasteiger partial charge < -0.3 is 0 Å². The molecule has 0 bridgehead atoms. The highest BCUT2D eigenvalue weighted by Gasteiger charge is 2.24. The van der Waals surface area contributed by atoms with Crippen molar-refractivity contribution in [1.82, 2.24) is 4.90 Å². The average Bonchev–Trinajstić information content (AvgIpc) is 2.26. The minimum absolute atomic E-state index is 0.739. The van der Waals surface area contributed by atoms with Gasteiger partial charge in [-0.1, -0.05) is 18.6 Å². The van der Waals surface area contributed by atoms with Gasteiger partial charge in [0.05, 0.1) is 0 Å². The van der Waals surface area contributed by atoms with E-state index in [1.54, 1.807) is 0 Å². The number of rotatable bonds is 2. The Bertz CT molecular complexity index is 323. The lowest BCUT2D eigenvalue weighted by Crippen LogP contribution is -2.42. The molecule has 0 saturated carbocycles. The van der Waals surface area contributed by atoms with Gasteiger partial charge in [0.1, 0.15) is 0 Å². The molecular weight excluding hydrogens is 309 g/mol. The predicted molar refractivity (Wildman–Crippen MR) is 77.5 cm³/mol. The van der Waals surface area contributed by atoms with Crippen LogP contribution in [0.3, 0.4) is 0 Å². The van der Waals surface area contributed by atoms with Crippen LogP contribution in [0.4, 0.5) is 0 Å². The van der Waals surface area contributed by atoms with Crippen molar-refractivity contribution in [3.63, 3.8) is 0 Å². The van der Waals surface area contributed by atoms with Gasteiger partial charge in [0, 0.05) is 22.2 Å². The largest absolute Gasteiger partial charge is 0.294 e. The first-order valence-electron chi connectivity index (χ1n) is 6.17. The minimum Gasteiger partial charge on any atom is -0.294 e. The fourth-order valence-electron chi connectivity index (χ4n) is 2.59. The lowest BCUT2D eigenvalue weighted by molar-refractivity contribution is 0.0953. The highest BCUT2D eigenvalue weighted by atomic mass is 127. The molecule has 16 heavy (non-hydrogen) atoms. The van der Waals surface area contributed by atoms with E-state index in [1.807, 2.05) is 0 Å². The predicted octanol–water partition coefficient (Wildman–Crippen LogP) is 4.05. The molecule has 2 atom stereocenters. The summed E-state index contributed by atoms with van der Waals surface area (Å²) in [5, 5.41) is 0. The van der Waals surface area contributed by atoms with Crippen LogP contribution >= 0.6 is 22.6 Å². The molecule has 0 unspecified atom stereocenters. The van der Waals surface area contributed by atoms with E-state index in [0.717, 1.165) is 18.6 Å². The molecular formula is C14H20IN. The molecule has 2 rings (SSSR count). The Labute approximate surface area is 112 Å². The molecule has 1 aliphatic rings. The Morgan fingerprint density at radius 1 is 1.12 bits per heavy atom. The van der Waals surface area contributed by atoms with Crippen LogP contribution in [0.25, 0.3) is 0 Å². The summed E-state index contributed by atoms with van der Waals surface area (Å²) in [6.07, 6.45) is 4.11. The van der Waals surface area contributed by atoms with E-state index in [1.165, 1.54) is 28.4 Å². The van der Waals surface area contributed by atoms with Crippen LogP contribution < -0.4 is 0 Å². The summed E-state index contributed by atoms with van der Waals surface area (Å²) >= 11 is 2.36. The summed E-state index contributed by atoms with van der Waals surface area (Å²) in [7, 11) is 0. The third-order valence-electron chi connectivity index (χ3n) is 3.65. The maximum atomic E-state index is 2.64. The highest BCUT2D eigenvalue weighted by Crippen LogP contribution is 2.24. The summed E-state index contributed by atoms with van der Waals surface area (Å²) < 4.78 is 1.32. The van der Waals surface area contributed by atoms with Crippen molar-refractivity contribution in [3.8, 4) is 0 Å². The lowest BCUT2D eigenvalue weighted by atomic mass is 9.97. The van der Waals surface area contributed by atoms with Gasteiger partial charge >= 0.3 is 0 Å². The quantitative estimate of drug-likeness (QED) is 0.740. The molecule has 0 aliphatic carbocycles. The maximum Gasteiger partial charge on any atom is 0.0239 e. The zero-order valence-corrected chi connectivity index (χ0v) is 12.3. The van der Waals surface area contributed by atoms with Gasteiger partial charge in [-0.25, -0.2) is 0 Å². The van der Waals surface area contributed by atoms with Crippen molar-refractivity contribution in [2.45, 2.75) is 51.7 Å². The van der Waals surface area contributed by atoms with Crippen molar-refractivity contribution in [2.24, 2.45) is 0 Å². The number of likely N-dealkylation sites (tertiary alicyclic amines) is 1. The van der Waals surface area contributed by atoms with E-state index in [4.69, 9.17) is 0 Å². The maximum absolute atomic E-state index is 2.64. The second-order valence-electron chi connectivity index (χ2n) is 4.93. The summed E-state index contributed by atoms with van der Waals surface area (Å²) in [6.45, 7) is 5.84. The Balaban J connectivity index is 2.04. The molecule has 1 aliphatic heterocycles. The number of nitrogens with zero attached hydrogens (tertiary/aromatic N) is 1. The number of hydrogen-bond acceptors (Lipinski definition) is 1.